The van der Waals surface area contributed by atoms with Gasteiger partial charge in [-0.1, -0.05) is 0 Å². The molecule has 44 valence electrons. The quantitative estimate of drug-likeness (QED) is 0.429. The molecule has 4 N–H and O–H groups in total. The number of hydrogen-bond acceptors (Lipinski definition) is 2. The molecule has 0 bridgehead atoms. The standard InChI is InChI=1S/Mg.H2O3S2.H2O.2H/c;1-5(2,3)4;;;/h;(H2,1,2,3,4);1H2;;/q+2;;;2*-1. The Morgan fingerprint density at radius 2 is 1.57 bits per heavy atom. The van der Waals surface area contributed by atoms with E-state index in [1.54, 1.807) is 0 Å². The van der Waals surface area contributed by atoms with Crippen molar-refractivity contribution in [2.24, 2.45) is 0 Å². The van der Waals surface area contributed by atoms with Crippen LogP contribution < -0.4 is 0 Å². The summed E-state index contributed by atoms with van der Waals surface area (Å²) < 4.78 is 24.0. The van der Waals surface area contributed by atoms with Crippen LogP contribution in [0.15, 0.2) is 0 Å². The maximum absolute atomic E-state index is 9.11. The van der Waals surface area contributed by atoms with Crippen LogP contribution in [0.25, 0.3) is 0 Å². The van der Waals surface area contributed by atoms with Gasteiger partial charge in [0.15, 0.2) is 0 Å². The molecule has 0 atom stereocenters. The molecule has 7 heteroatoms. The first kappa shape index (κ1) is 15.7. The van der Waals surface area contributed by atoms with E-state index in [0.29, 0.717) is 0 Å². The van der Waals surface area contributed by atoms with Gasteiger partial charge in [-0.15, -0.1) is 0 Å². The van der Waals surface area contributed by atoms with Gasteiger partial charge < -0.3 is 8.33 Å². The van der Waals surface area contributed by atoms with Crippen LogP contribution >= 0.6 is 0 Å². The molecule has 0 fully saturated rings. The van der Waals surface area contributed by atoms with Crippen molar-refractivity contribution in [1.82, 2.24) is 0 Å². The molecule has 0 rings (SSSR count). The molecular formula is H6MgO4S2. The Morgan fingerprint density at radius 3 is 1.57 bits per heavy atom. The molecule has 0 amide bonds. The van der Waals surface area contributed by atoms with E-state index in [4.69, 9.17) is 13.3 Å². The van der Waals surface area contributed by atoms with Crippen molar-refractivity contribution in [3.8, 4) is 0 Å². The van der Waals surface area contributed by atoms with Crippen LogP contribution in [-0.2, 0) is 20.2 Å². The minimum absolute atomic E-state index is 0. The predicted molar refractivity (Wildman–Crippen MR) is 32.4 cm³/mol. The Hall–Kier alpha value is 1.02. The van der Waals surface area contributed by atoms with Gasteiger partial charge in [0.2, 0.25) is 0 Å². The Kier molecular flexibility index (Phi) is 11.6. The van der Waals surface area contributed by atoms with E-state index in [1.807, 2.05) is 0 Å². The fraction of sp³-hybridized carbons (Fsp3) is 0. The SMILES string of the molecule is O.O=S(O)(O)=S.[H-].[H-].[Mg+2]. The Balaban J connectivity index is -0.0000000133. The van der Waals surface area contributed by atoms with Crippen LogP contribution in [0.5, 0.6) is 0 Å². The Morgan fingerprint density at radius 1 is 1.57 bits per heavy atom. The van der Waals surface area contributed by atoms with Gasteiger partial charge >= 0.3 is 23.1 Å². The first-order valence-corrected chi connectivity index (χ1v) is 3.10. The van der Waals surface area contributed by atoms with E-state index in [2.05, 4.69) is 11.2 Å². The second kappa shape index (κ2) is 5.16. The van der Waals surface area contributed by atoms with Crippen molar-refractivity contribution >= 4 is 43.3 Å². The van der Waals surface area contributed by atoms with Crippen molar-refractivity contribution in [3.05, 3.63) is 0 Å². The fourth-order valence-corrected chi connectivity index (χ4v) is 0. The molecule has 0 aliphatic heterocycles. The first-order chi connectivity index (χ1) is 2.00. The van der Waals surface area contributed by atoms with Gasteiger partial charge in [0.05, 0.1) is 0 Å². The van der Waals surface area contributed by atoms with Gasteiger partial charge in [-0.05, 0) is 0 Å². The summed E-state index contributed by atoms with van der Waals surface area (Å²) in [7, 11) is -3.83. The molecule has 0 saturated heterocycles. The fourth-order valence-electron chi connectivity index (χ4n) is 0. The summed E-state index contributed by atoms with van der Waals surface area (Å²) in [5, 5.41) is 0. The maximum atomic E-state index is 9.11. The average Bonchev–Trinajstić information content (AvgIpc) is 0.722. The first-order valence-electron chi connectivity index (χ1n) is 0.698. The molecule has 0 aliphatic carbocycles. The van der Waals surface area contributed by atoms with Gasteiger partial charge in [0.1, 0.15) is 0 Å². The third-order valence-corrected chi connectivity index (χ3v) is 0. The monoisotopic (exact) mass is 158 g/mol. The average molecular weight is 158 g/mol. The van der Waals surface area contributed by atoms with Crippen molar-refractivity contribution < 1.29 is 21.6 Å². The molecule has 0 aromatic heterocycles. The van der Waals surface area contributed by atoms with Gasteiger partial charge in [0, 0.05) is 11.2 Å². The normalized spacial score (nSPS) is 8.29. The van der Waals surface area contributed by atoms with E-state index in [1.165, 1.54) is 0 Å². The maximum Gasteiger partial charge on any atom is 2.00 e. The summed E-state index contributed by atoms with van der Waals surface area (Å²) in [6.45, 7) is 0. The molecule has 0 aliphatic rings. The minimum atomic E-state index is -3.83. The summed E-state index contributed by atoms with van der Waals surface area (Å²) in [6.07, 6.45) is 0. The van der Waals surface area contributed by atoms with E-state index in [0.717, 1.165) is 0 Å². The van der Waals surface area contributed by atoms with Gasteiger partial charge in [0.25, 0.3) is 9.05 Å². The third kappa shape index (κ3) is 171. The summed E-state index contributed by atoms with van der Waals surface area (Å²) >= 11 is 3.47. The van der Waals surface area contributed by atoms with Crippen molar-refractivity contribution in [3.63, 3.8) is 0 Å². The second-order valence-corrected chi connectivity index (χ2v) is 2.65. The van der Waals surface area contributed by atoms with E-state index < -0.39 is 9.05 Å². The molecule has 0 saturated carbocycles. The van der Waals surface area contributed by atoms with Gasteiger partial charge in [-0.3, -0.25) is 9.11 Å². The Labute approximate surface area is 65.1 Å². The van der Waals surface area contributed by atoms with Crippen LogP contribution in [0.3, 0.4) is 0 Å². The molecule has 0 spiro atoms. The summed E-state index contributed by atoms with van der Waals surface area (Å²) in [6, 6.07) is 0. The summed E-state index contributed by atoms with van der Waals surface area (Å²) in [5.74, 6) is 0. The molecule has 0 unspecified atom stereocenters. The zero-order valence-electron chi connectivity index (χ0n) is 5.33. The van der Waals surface area contributed by atoms with Crippen LogP contribution in [0, 0.1) is 0 Å². The number of hydrogen-bond donors (Lipinski definition) is 2. The molecule has 0 aromatic carbocycles. The van der Waals surface area contributed by atoms with Gasteiger partial charge in [-0.2, -0.15) is 4.21 Å². The van der Waals surface area contributed by atoms with Crippen molar-refractivity contribution in [2.45, 2.75) is 0 Å². The zero-order valence-corrected chi connectivity index (χ0v) is 6.37. The van der Waals surface area contributed by atoms with Gasteiger partial charge in [-0.25, -0.2) is 0 Å². The molecule has 7 heavy (non-hydrogen) atoms. The summed E-state index contributed by atoms with van der Waals surface area (Å²) in [4.78, 5) is 0. The van der Waals surface area contributed by atoms with Crippen LogP contribution in [-0.4, -0.2) is 41.8 Å². The molecule has 0 heterocycles. The van der Waals surface area contributed by atoms with Crippen LogP contribution in [0.4, 0.5) is 0 Å². The third-order valence-electron chi connectivity index (χ3n) is 0. The van der Waals surface area contributed by atoms with E-state index >= 15 is 0 Å². The smallest absolute Gasteiger partial charge is 1.00 e. The van der Waals surface area contributed by atoms with Crippen LogP contribution in [0.2, 0.25) is 0 Å². The van der Waals surface area contributed by atoms with E-state index in [9.17, 15) is 0 Å². The minimum Gasteiger partial charge on any atom is -1.00 e. The molecule has 4 nitrogen and oxygen atoms in total. The molecular weight excluding hydrogens is 152 g/mol. The van der Waals surface area contributed by atoms with Crippen LogP contribution in [0.1, 0.15) is 2.85 Å². The van der Waals surface area contributed by atoms with Crippen molar-refractivity contribution in [2.75, 3.05) is 0 Å². The predicted octanol–water partition coefficient (Wildman–Crippen LogP) is -1.30. The van der Waals surface area contributed by atoms with Crippen molar-refractivity contribution in [1.29, 1.82) is 0 Å². The largest absolute Gasteiger partial charge is 2.00 e. The summed E-state index contributed by atoms with van der Waals surface area (Å²) in [5.41, 5.74) is 0. The molecule has 0 aromatic rings. The topological polar surface area (TPSA) is 89.0 Å². The zero-order chi connectivity index (χ0) is 4.50. The Bertz CT molecular complexity index is 99.7. The second-order valence-electron chi connectivity index (χ2n) is 0.448. The molecule has 0 radical (unpaired) electrons. The van der Waals surface area contributed by atoms with E-state index in [-0.39, 0.29) is 31.4 Å². The number of rotatable bonds is 0.